The van der Waals surface area contributed by atoms with Crippen LogP contribution in [0.5, 0.6) is 0 Å². The van der Waals surface area contributed by atoms with Crippen molar-refractivity contribution in [3.63, 3.8) is 0 Å². The Kier molecular flexibility index (Phi) is 8.92. The third kappa shape index (κ3) is 7.88. The van der Waals surface area contributed by atoms with Gasteiger partial charge in [-0.15, -0.1) is 0 Å². The van der Waals surface area contributed by atoms with Crippen LogP contribution in [-0.2, 0) is 14.6 Å². The maximum atomic E-state index is 12.4. The number of halogens is 2. The highest BCUT2D eigenvalue weighted by Gasteiger charge is 2.23. The Bertz CT molecular complexity index is 688. The van der Waals surface area contributed by atoms with Crippen molar-refractivity contribution in [2.45, 2.75) is 36.7 Å². The van der Waals surface area contributed by atoms with E-state index in [0.29, 0.717) is 30.8 Å². The third-order valence-corrected chi connectivity index (χ3v) is 5.33. The Labute approximate surface area is 150 Å². The number of ether oxygens (including phenoxy) is 1. The van der Waals surface area contributed by atoms with E-state index in [4.69, 9.17) is 33.5 Å². The first-order valence-corrected chi connectivity index (χ1v) is 9.61. The van der Waals surface area contributed by atoms with Gasteiger partial charge in [0.25, 0.3) is 0 Å². The van der Waals surface area contributed by atoms with Gasteiger partial charge in [0.2, 0.25) is 0 Å². The third-order valence-electron chi connectivity index (χ3n) is 3.18. The molecule has 0 aromatic heterocycles. The molecule has 0 N–H and O–H groups in total. The summed E-state index contributed by atoms with van der Waals surface area (Å²) in [6, 6.07) is 5.76. The molecule has 0 bridgehead atoms. The second-order valence-electron chi connectivity index (χ2n) is 5.02. The van der Waals surface area contributed by atoms with Gasteiger partial charge in [-0.3, -0.25) is 0 Å². The molecule has 0 amide bonds. The summed E-state index contributed by atoms with van der Waals surface area (Å²) in [6.45, 7) is 0.375. The Morgan fingerprint density at radius 1 is 1.25 bits per heavy atom. The lowest BCUT2D eigenvalue weighted by atomic mass is 10.1. The first kappa shape index (κ1) is 20.6. The van der Waals surface area contributed by atoms with Crippen molar-refractivity contribution in [1.29, 1.82) is 0 Å². The highest BCUT2D eigenvalue weighted by atomic mass is 35.5. The summed E-state index contributed by atoms with van der Waals surface area (Å²) in [5, 5.41) is 3.84. The highest BCUT2D eigenvalue weighted by molar-refractivity contribution is 7.91. The number of azide groups is 1. The number of unbranched alkanes of at least 4 members (excludes halogenated alkanes) is 2. The quantitative estimate of drug-likeness (QED) is 0.188. The maximum absolute atomic E-state index is 12.4. The summed E-state index contributed by atoms with van der Waals surface area (Å²) in [4.78, 5) is 13.7. The topological polar surface area (TPSA) is 109 Å². The van der Waals surface area contributed by atoms with Crippen molar-refractivity contribution in [3.8, 4) is 0 Å². The molecule has 1 unspecified atom stereocenters. The second kappa shape index (κ2) is 10.4. The average molecular weight is 394 g/mol. The molecule has 24 heavy (non-hydrogen) atoms. The van der Waals surface area contributed by atoms with Crippen LogP contribution >= 0.6 is 23.2 Å². The Balaban J connectivity index is 2.65. The molecule has 0 aliphatic rings. The van der Waals surface area contributed by atoms with E-state index in [9.17, 15) is 13.2 Å². The van der Waals surface area contributed by atoms with Gasteiger partial charge in [0, 0.05) is 28.1 Å². The van der Waals surface area contributed by atoms with E-state index in [-0.39, 0.29) is 10.6 Å². The van der Waals surface area contributed by atoms with E-state index in [2.05, 4.69) is 10.0 Å². The predicted octanol–water partition coefficient (Wildman–Crippen LogP) is 4.73. The number of hydrogen-bond acceptors (Lipinski definition) is 5. The summed E-state index contributed by atoms with van der Waals surface area (Å²) >= 11 is 11.0. The molecule has 0 radical (unpaired) electrons. The lowest BCUT2D eigenvalue weighted by Crippen LogP contribution is -2.25. The SMILES string of the molecule is [N-]=[N+]=NCCCCCC(CS(=O)(=O)c1ccc(Cl)cc1)OC(=O)Cl. The van der Waals surface area contributed by atoms with E-state index in [1.165, 1.54) is 24.3 Å². The van der Waals surface area contributed by atoms with E-state index in [1.54, 1.807) is 0 Å². The van der Waals surface area contributed by atoms with Crippen LogP contribution in [-0.4, -0.2) is 32.2 Å². The molecule has 0 fully saturated rings. The molecule has 7 nitrogen and oxygen atoms in total. The predicted molar refractivity (Wildman–Crippen MR) is 92.1 cm³/mol. The Hall–Kier alpha value is -1.47. The largest absolute Gasteiger partial charge is 0.449 e. The van der Waals surface area contributed by atoms with Crippen molar-refractivity contribution in [2.75, 3.05) is 12.3 Å². The van der Waals surface area contributed by atoms with Gasteiger partial charge in [-0.1, -0.05) is 23.1 Å². The van der Waals surface area contributed by atoms with Crippen LogP contribution in [0.1, 0.15) is 25.7 Å². The zero-order valence-corrected chi connectivity index (χ0v) is 15.1. The fourth-order valence-corrected chi connectivity index (χ4v) is 3.79. The van der Waals surface area contributed by atoms with Gasteiger partial charge >= 0.3 is 5.43 Å². The van der Waals surface area contributed by atoms with E-state index in [1.807, 2.05) is 0 Å². The van der Waals surface area contributed by atoms with Crippen LogP contribution in [0.2, 0.25) is 5.02 Å². The molecular formula is C14H17Cl2N3O4S. The van der Waals surface area contributed by atoms with Crippen molar-refractivity contribution in [2.24, 2.45) is 5.11 Å². The summed E-state index contributed by atoms with van der Waals surface area (Å²) in [6.07, 6.45) is 1.52. The molecule has 1 atom stereocenters. The molecule has 1 aromatic carbocycles. The zero-order valence-electron chi connectivity index (χ0n) is 12.8. The molecule has 0 saturated heterocycles. The van der Waals surface area contributed by atoms with Gasteiger partial charge in [-0.25, -0.2) is 13.2 Å². The first-order valence-electron chi connectivity index (χ1n) is 7.20. The molecule has 1 rings (SSSR count). The van der Waals surface area contributed by atoms with Crippen molar-refractivity contribution in [1.82, 2.24) is 0 Å². The normalized spacial score (nSPS) is 12.2. The number of sulfone groups is 1. The number of hydrogen-bond donors (Lipinski definition) is 0. The van der Waals surface area contributed by atoms with Gasteiger partial charge < -0.3 is 4.74 Å². The van der Waals surface area contributed by atoms with Crippen molar-refractivity contribution >= 4 is 38.5 Å². The summed E-state index contributed by atoms with van der Waals surface area (Å²) < 4.78 is 29.7. The Morgan fingerprint density at radius 2 is 1.92 bits per heavy atom. The number of rotatable bonds is 10. The molecule has 1 aromatic rings. The fourth-order valence-electron chi connectivity index (χ4n) is 2.07. The number of carbonyl (C=O) groups excluding carboxylic acids is 1. The minimum Gasteiger partial charge on any atom is -0.449 e. The molecule has 0 saturated carbocycles. The van der Waals surface area contributed by atoms with Crippen molar-refractivity contribution in [3.05, 3.63) is 39.7 Å². The molecule has 0 spiro atoms. The van der Waals surface area contributed by atoms with Crippen molar-refractivity contribution < 1.29 is 17.9 Å². The standard InChI is InChI=1S/C14H17Cl2N3O4S/c15-11-5-7-13(8-6-11)24(21,22)10-12(23-14(16)20)4-2-1-3-9-18-19-17/h5-8,12H,1-4,9-10H2. The minimum atomic E-state index is -3.63. The first-order chi connectivity index (χ1) is 11.3. The average Bonchev–Trinajstić information content (AvgIpc) is 2.50. The highest BCUT2D eigenvalue weighted by Crippen LogP contribution is 2.19. The maximum Gasteiger partial charge on any atom is 0.404 e. The molecule has 0 aliphatic heterocycles. The fraction of sp³-hybridized carbons (Fsp3) is 0.500. The van der Waals surface area contributed by atoms with Gasteiger partial charge in [-0.05, 0) is 49.1 Å². The monoisotopic (exact) mass is 393 g/mol. The number of nitrogens with zero attached hydrogens (tertiary/aromatic N) is 3. The molecule has 132 valence electrons. The van der Waals surface area contributed by atoms with E-state index < -0.39 is 21.4 Å². The van der Waals surface area contributed by atoms with Gasteiger partial charge in [0.05, 0.1) is 10.6 Å². The van der Waals surface area contributed by atoms with E-state index >= 15 is 0 Å². The summed E-state index contributed by atoms with van der Waals surface area (Å²) in [7, 11) is -3.63. The summed E-state index contributed by atoms with van der Waals surface area (Å²) in [5.74, 6) is -0.358. The van der Waals surface area contributed by atoms with Crippen LogP contribution in [0.15, 0.2) is 34.3 Å². The molecule has 0 heterocycles. The van der Waals surface area contributed by atoms with Crippen LogP contribution in [0, 0.1) is 0 Å². The lowest BCUT2D eigenvalue weighted by molar-refractivity contribution is 0.126. The molecular weight excluding hydrogens is 377 g/mol. The van der Waals surface area contributed by atoms with Crippen LogP contribution in [0.25, 0.3) is 10.4 Å². The van der Waals surface area contributed by atoms with Gasteiger partial charge in [0.1, 0.15) is 6.10 Å². The van der Waals surface area contributed by atoms with Crippen LogP contribution in [0.4, 0.5) is 4.79 Å². The number of benzene rings is 1. The van der Waals surface area contributed by atoms with Crippen LogP contribution < -0.4 is 0 Å². The lowest BCUT2D eigenvalue weighted by Gasteiger charge is -2.16. The van der Waals surface area contributed by atoms with Gasteiger partial charge in [-0.2, -0.15) is 0 Å². The Morgan fingerprint density at radius 3 is 2.50 bits per heavy atom. The second-order valence-corrected chi connectivity index (χ2v) is 7.80. The molecule has 0 aliphatic carbocycles. The zero-order chi connectivity index (χ0) is 18.0. The summed E-state index contributed by atoms with van der Waals surface area (Å²) in [5.41, 5.74) is 7.13. The van der Waals surface area contributed by atoms with Gasteiger partial charge in [0.15, 0.2) is 9.84 Å². The van der Waals surface area contributed by atoms with E-state index in [0.717, 1.165) is 6.42 Å². The smallest absolute Gasteiger partial charge is 0.404 e. The number of carbonyl (C=O) groups is 1. The van der Waals surface area contributed by atoms with Crippen LogP contribution in [0.3, 0.4) is 0 Å². The minimum absolute atomic E-state index is 0.103. The molecule has 10 heteroatoms.